The van der Waals surface area contributed by atoms with E-state index in [-0.39, 0.29) is 38.0 Å². The Morgan fingerprint density at radius 2 is 2.03 bits per heavy atom. The molecule has 0 unspecified atom stereocenters. The van der Waals surface area contributed by atoms with Crippen LogP contribution < -0.4 is 9.64 Å². The lowest BCUT2D eigenvalue weighted by atomic mass is 10.1. The predicted molar refractivity (Wildman–Crippen MR) is 140 cm³/mol. The van der Waals surface area contributed by atoms with E-state index in [2.05, 4.69) is 20.9 Å². The second-order valence-corrected chi connectivity index (χ2v) is 9.76. The summed E-state index contributed by atoms with van der Waals surface area (Å²) in [6.45, 7) is 2.42. The fraction of sp³-hybridized carbons (Fsp3) is 0.429. The van der Waals surface area contributed by atoms with Gasteiger partial charge in [-0.2, -0.15) is 9.65 Å². The lowest BCUT2D eigenvalue weighted by molar-refractivity contribution is 0.0768. The Morgan fingerprint density at radius 1 is 1.18 bits per heavy atom. The topological polar surface area (TPSA) is 94.8 Å². The number of likely N-dealkylation sites (tertiary alicyclic amines) is 1. The molecule has 2 atom stereocenters. The van der Waals surface area contributed by atoms with Crippen molar-refractivity contribution >= 4 is 22.7 Å². The number of ether oxygens (including phenoxy) is 2. The van der Waals surface area contributed by atoms with Gasteiger partial charge in [0.2, 0.25) is 5.82 Å². The van der Waals surface area contributed by atoms with Gasteiger partial charge in [-0.3, -0.25) is 4.98 Å². The minimum atomic E-state index is -0.542. The van der Waals surface area contributed by atoms with Crippen molar-refractivity contribution in [1.82, 2.24) is 19.8 Å². The summed E-state index contributed by atoms with van der Waals surface area (Å²) in [5, 5.41) is 10.1. The minimum absolute atomic E-state index is 0.0534. The Kier molecular flexibility index (Phi) is 7.84. The maximum Gasteiger partial charge on any atom is 0.410 e. The smallest absolute Gasteiger partial charge is 0.410 e. The number of hydrogen-bond donors (Lipinski definition) is 0. The zero-order valence-electron chi connectivity index (χ0n) is 21.4. The molecule has 4 heterocycles. The van der Waals surface area contributed by atoms with Gasteiger partial charge in [0.05, 0.1) is 35.9 Å². The zero-order valence-corrected chi connectivity index (χ0v) is 21.4. The maximum atomic E-state index is 16.0. The first-order chi connectivity index (χ1) is 18.5. The first-order valence-electron chi connectivity index (χ1n) is 12.9. The maximum absolute atomic E-state index is 16.0. The second kappa shape index (κ2) is 11.6. The monoisotopic (exact) mass is 518 g/mol. The first-order valence-corrected chi connectivity index (χ1v) is 12.9. The molecule has 2 aliphatic heterocycles. The molecule has 1 aromatic carbocycles. The minimum Gasteiger partial charge on any atom is -0.474 e. The lowest BCUT2D eigenvalue weighted by Crippen LogP contribution is -2.55. The van der Waals surface area contributed by atoms with Crippen molar-refractivity contribution in [2.45, 2.75) is 38.0 Å². The van der Waals surface area contributed by atoms with Crippen LogP contribution in [0.2, 0.25) is 0 Å². The highest BCUT2D eigenvalue weighted by atomic mass is 19.1. The summed E-state index contributed by atoms with van der Waals surface area (Å²) >= 11 is 0. The molecule has 0 saturated carbocycles. The Hall–Kier alpha value is -3.97. The van der Waals surface area contributed by atoms with Crippen molar-refractivity contribution < 1.29 is 18.7 Å². The van der Waals surface area contributed by atoms with E-state index in [1.807, 2.05) is 42.3 Å². The zero-order chi connectivity index (χ0) is 26.5. The van der Waals surface area contributed by atoms with E-state index in [1.165, 1.54) is 0 Å². The van der Waals surface area contributed by atoms with Crippen LogP contribution in [-0.4, -0.2) is 77.8 Å². The third-order valence-corrected chi connectivity index (χ3v) is 7.32. The number of fused-ring (bicyclic) bond motifs is 1. The molecule has 198 valence electrons. The summed E-state index contributed by atoms with van der Waals surface area (Å²) in [7, 11) is 2.04. The quantitative estimate of drug-likeness (QED) is 0.464. The summed E-state index contributed by atoms with van der Waals surface area (Å²) in [6.07, 6.45) is 4.90. The largest absolute Gasteiger partial charge is 0.474 e. The molecule has 3 aromatic rings. The number of rotatable bonds is 7. The van der Waals surface area contributed by atoms with Gasteiger partial charge in [0.1, 0.15) is 13.2 Å². The Bertz CT molecular complexity index is 1320. The highest BCUT2D eigenvalue weighted by Gasteiger charge is 2.34. The van der Waals surface area contributed by atoms with Gasteiger partial charge in [-0.05, 0) is 38.1 Å². The van der Waals surface area contributed by atoms with Crippen molar-refractivity contribution in [3.63, 3.8) is 0 Å². The number of halogens is 1. The SMILES string of the molecule is CN1CCC[C@H]1COc1nc2cnccc2c(N2CCN(C(=O)OCc3ccccc3)[C@@H](CC#N)C2)c1F. The molecule has 2 aliphatic rings. The number of nitrogens with zero attached hydrogens (tertiary/aromatic N) is 6. The van der Waals surface area contributed by atoms with Crippen LogP contribution in [0.1, 0.15) is 24.8 Å². The molecular weight excluding hydrogens is 487 g/mol. The highest BCUT2D eigenvalue weighted by molar-refractivity contribution is 5.92. The van der Waals surface area contributed by atoms with Gasteiger partial charge in [-0.15, -0.1) is 0 Å². The molecule has 0 bridgehead atoms. The number of nitriles is 1. The van der Waals surface area contributed by atoms with Crippen molar-refractivity contribution in [2.24, 2.45) is 0 Å². The van der Waals surface area contributed by atoms with Crippen LogP contribution >= 0.6 is 0 Å². The van der Waals surface area contributed by atoms with Gasteiger partial charge in [-0.1, -0.05) is 30.3 Å². The lowest BCUT2D eigenvalue weighted by Gasteiger charge is -2.41. The summed E-state index contributed by atoms with van der Waals surface area (Å²) in [5.41, 5.74) is 1.76. The first kappa shape index (κ1) is 25.7. The van der Waals surface area contributed by atoms with Crippen LogP contribution in [-0.2, 0) is 11.3 Å². The summed E-state index contributed by atoms with van der Waals surface area (Å²) in [4.78, 5) is 27.2. The van der Waals surface area contributed by atoms with Crippen LogP contribution in [0.3, 0.4) is 0 Å². The van der Waals surface area contributed by atoms with Gasteiger partial charge < -0.3 is 24.2 Å². The summed E-state index contributed by atoms with van der Waals surface area (Å²) in [5.74, 6) is -0.595. The van der Waals surface area contributed by atoms with Crippen LogP contribution in [0.25, 0.3) is 10.9 Å². The Morgan fingerprint density at radius 3 is 2.79 bits per heavy atom. The van der Waals surface area contributed by atoms with E-state index >= 15 is 4.39 Å². The Labute approximate surface area is 221 Å². The van der Waals surface area contributed by atoms with Gasteiger partial charge in [-0.25, -0.2) is 9.78 Å². The van der Waals surface area contributed by atoms with E-state index in [0.29, 0.717) is 29.7 Å². The predicted octanol–water partition coefficient (Wildman–Crippen LogP) is 3.98. The highest BCUT2D eigenvalue weighted by Crippen LogP contribution is 2.35. The van der Waals surface area contributed by atoms with Gasteiger partial charge in [0, 0.05) is 37.3 Å². The normalized spacial score (nSPS) is 19.9. The number of amides is 1. The number of hydrogen-bond acceptors (Lipinski definition) is 8. The molecule has 2 saturated heterocycles. The van der Waals surface area contributed by atoms with Crippen molar-refractivity contribution in [2.75, 3.05) is 44.7 Å². The van der Waals surface area contributed by atoms with Crippen molar-refractivity contribution in [3.8, 4) is 11.9 Å². The second-order valence-electron chi connectivity index (χ2n) is 9.76. The molecule has 0 spiro atoms. The summed E-state index contributed by atoms with van der Waals surface area (Å²) < 4.78 is 27.5. The number of likely N-dealkylation sites (N-methyl/N-ethyl adjacent to an activating group) is 1. The molecule has 2 fully saturated rings. The van der Waals surface area contributed by atoms with Crippen LogP contribution in [0.15, 0.2) is 48.8 Å². The molecule has 2 aromatic heterocycles. The third kappa shape index (κ3) is 5.48. The number of anilines is 1. The molecular formula is C28H31FN6O3. The number of piperazine rings is 1. The summed E-state index contributed by atoms with van der Waals surface area (Å²) in [6, 6.07) is 13.1. The standard InChI is InChI=1S/C28H31FN6O3/c1-33-13-5-8-22(33)19-37-27-25(29)26(23-10-12-31-16-24(23)32-27)34-14-15-35(21(17-34)9-11-30)28(36)38-18-20-6-3-2-4-7-20/h2-4,6-7,10,12,16,21-22H,5,8-9,13-15,17-19H2,1H3/t21-,22-/m0/s1. The number of pyridine rings is 2. The average molecular weight is 519 g/mol. The molecule has 38 heavy (non-hydrogen) atoms. The van der Waals surface area contributed by atoms with Crippen LogP contribution in [0.5, 0.6) is 5.88 Å². The van der Waals surface area contributed by atoms with E-state index in [0.717, 1.165) is 24.9 Å². The van der Waals surface area contributed by atoms with Gasteiger partial charge >= 0.3 is 6.09 Å². The van der Waals surface area contributed by atoms with Crippen molar-refractivity contribution in [1.29, 1.82) is 5.26 Å². The van der Waals surface area contributed by atoms with Crippen LogP contribution in [0, 0.1) is 17.1 Å². The van der Waals surface area contributed by atoms with Crippen molar-refractivity contribution in [3.05, 3.63) is 60.2 Å². The average Bonchev–Trinajstić information content (AvgIpc) is 3.35. The molecule has 0 aliphatic carbocycles. The number of carbonyl (C=O) groups is 1. The number of benzene rings is 1. The van der Waals surface area contributed by atoms with Gasteiger partial charge in [0.25, 0.3) is 5.88 Å². The van der Waals surface area contributed by atoms with E-state index in [4.69, 9.17) is 9.47 Å². The van der Waals surface area contributed by atoms with E-state index in [1.54, 1.807) is 23.4 Å². The molecule has 10 heteroatoms. The molecule has 1 amide bonds. The molecule has 9 nitrogen and oxygen atoms in total. The number of carbonyl (C=O) groups excluding carboxylic acids is 1. The third-order valence-electron chi connectivity index (χ3n) is 7.32. The van der Waals surface area contributed by atoms with E-state index in [9.17, 15) is 10.1 Å². The van der Waals surface area contributed by atoms with E-state index < -0.39 is 18.0 Å². The Balaban J connectivity index is 1.36. The van der Waals surface area contributed by atoms with Gasteiger partial charge in [0.15, 0.2) is 0 Å². The number of aromatic nitrogens is 2. The van der Waals surface area contributed by atoms with Crippen LogP contribution in [0.4, 0.5) is 14.9 Å². The molecule has 0 radical (unpaired) electrons. The molecule has 0 N–H and O–H groups in total. The fourth-order valence-electron chi connectivity index (χ4n) is 5.20. The fourth-order valence-corrected chi connectivity index (χ4v) is 5.20. The molecule has 5 rings (SSSR count).